The third kappa shape index (κ3) is 2.70. The Kier molecular flexibility index (Phi) is 3.74. The molecule has 0 aliphatic heterocycles. The molecule has 4 N–H and O–H groups in total. The van der Waals surface area contributed by atoms with Crippen molar-refractivity contribution in [2.75, 3.05) is 0 Å². The fraction of sp³-hybridized carbons (Fsp3) is 0.429. The van der Waals surface area contributed by atoms with Crippen LogP contribution in [0, 0.1) is 6.92 Å². The predicted molar refractivity (Wildman–Crippen MR) is 73.3 cm³/mol. The summed E-state index contributed by atoms with van der Waals surface area (Å²) in [5.41, 5.74) is 6.68. The average molecular weight is 261 g/mol. The normalized spacial score (nSPS) is 18.3. The molecule has 5 nitrogen and oxygen atoms in total. The summed E-state index contributed by atoms with van der Waals surface area (Å²) in [6, 6.07) is 7.36. The maximum absolute atomic E-state index is 12.3. The van der Waals surface area contributed by atoms with Crippen molar-refractivity contribution < 1.29 is 10.0 Å². The molecule has 1 fully saturated rings. The number of nitrogens with one attached hydrogen (secondary N) is 1. The van der Waals surface area contributed by atoms with Crippen LogP contribution < -0.4 is 11.1 Å². The zero-order valence-corrected chi connectivity index (χ0v) is 11.0. The van der Waals surface area contributed by atoms with Gasteiger partial charge in [-0.3, -0.25) is 4.79 Å². The molecule has 1 aliphatic rings. The molecule has 0 aromatic heterocycles. The van der Waals surface area contributed by atoms with E-state index in [1.807, 2.05) is 25.1 Å². The van der Waals surface area contributed by atoms with Crippen molar-refractivity contribution in [2.24, 2.45) is 10.9 Å². The van der Waals surface area contributed by atoms with Crippen LogP contribution in [0.2, 0.25) is 0 Å². The van der Waals surface area contributed by atoms with Crippen molar-refractivity contribution in [3.05, 3.63) is 35.4 Å². The smallest absolute Gasteiger partial charge is 0.252 e. The van der Waals surface area contributed by atoms with Crippen LogP contribution in [0.25, 0.3) is 0 Å². The molecule has 19 heavy (non-hydrogen) atoms. The van der Waals surface area contributed by atoms with E-state index >= 15 is 0 Å². The van der Waals surface area contributed by atoms with Crippen LogP contribution in [0.1, 0.15) is 41.6 Å². The Morgan fingerprint density at radius 1 is 1.42 bits per heavy atom. The summed E-state index contributed by atoms with van der Waals surface area (Å²) in [5, 5.41) is 14.9. The van der Waals surface area contributed by atoms with Crippen molar-refractivity contribution >= 4 is 11.7 Å². The Morgan fingerprint density at radius 3 is 2.68 bits per heavy atom. The maximum atomic E-state index is 12.3. The van der Waals surface area contributed by atoms with Crippen LogP contribution in [0.5, 0.6) is 0 Å². The lowest BCUT2D eigenvalue weighted by molar-refractivity contribution is 0.0922. The summed E-state index contributed by atoms with van der Waals surface area (Å²) < 4.78 is 0. The Balaban J connectivity index is 2.21. The van der Waals surface area contributed by atoms with Gasteiger partial charge in [0.2, 0.25) is 0 Å². The van der Waals surface area contributed by atoms with Gasteiger partial charge in [-0.1, -0.05) is 35.7 Å². The Morgan fingerprint density at radius 2 is 2.11 bits per heavy atom. The first-order valence-electron chi connectivity index (χ1n) is 6.44. The molecule has 0 saturated heterocycles. The van der Waals surface area contributed by atoms with Crippen LogP contribution in [-0.2, 0) is 0 Å². The number of carbonyl (C=O) groups excluding carboxylic acids is 1. The lowest BCUT2D eigenvalue weighted by Gasteiger charge is -2.28. The molecule has 0 radical (unpaired) electrons. The van der Waals surface area contributed by atoms with Gasteiger partial charge in [-0.15, -0.1) is 0 Å². The maximum Gasteiger partial charge on any atom is 0.252 e. The van der Waals surface area contributed by atoms with Gasteiger partial charge in [0, 0.05) is 5.56 Å². The van der Waals surface area contributed by atoms with E-state index < -0.39 is 5.54 Å². The largest absolute Gasteiger partial charge is 0.409 e. The van der Waals surface area contributed by atoms with Crippen molar-refractivity contribution in [2.45, 2.75) is 38.1 Å². The first-order chi connectivity index (χ1) is 9.07. The second kappa shape index (κ2) is 5.30. The van der Waals surface area contributed by atoms with Crippen molar-refractivity contribution in [1.29, 1.82) is 0 Å². The highest BCUT2D eigenvalue weighted by molar-refractivity contribution is 6.00. The minimum atomic E-state index is -0.699. The summed E-state index contributed by atoms with van der Waals surface area (Å²) in [4.78, 5) is 12.3. The number of amidine groups is 1. The van der Waals surface area contributed by atoms with Gasteiger partial charge in [0.15, 0.2) is 5.84 Å². The van der Waals surface area contributed by atoms with Gasteiger partial charge in [-0.25, -0.2) is 0 Å². The molecule has 0 bridgehead atoms. The van der Waals surface area contributed by atoms with Crippen molar-refractivity contribution in [3.8, 4) is 0 Å². The number of rotatable bonds is 3. The zero-order valence-electron chi connectivity index (χ0n) is 11.0. The van der Waals surface area contributed by atoms with E-state index in [-0.39, 0.29) is 11.7 Å². The van der Waals surface area contributed by atoms with Gasteiger partial charge in [0.25, 0.3) is 5.91 Å². The highest BCUT2D eigenvalue weighted by Crippen LogP contribution is 2.30. The monoisotopic (exact) mass is 261 g/mol. The number of hydrogen-bond donors (Lipinski definition) is 3. The lowest BCUT2D eigenvalue weighted by atomic mass is 9.95. The Hall–Kier alpha value is -2.04. The molecule has 1 aliphatic carbocycles. The average Bonchev–Trinajstić information content (AvgIpc) is 2.87. The van der Waals surface area contributed by atoms with Crippen LogP contribution in [0.15, 0.2) is 29.4 Å². The highest BCUT2D eigenvalue weighted by Gasteiger charge is 2.39. The molecule has 0 heterocycles. The van der Waals surface area contributed by atoms with Gasteiger partial charge in [-0.2, -0.15) is 0 Å². The molecule has 102 valence electrons. The number of aryl methyl sites for hydroxylation is 1. The van der Waals surface area contributed by atoms with E-state index in [0.717, 1.165) is 18.4 Å². The number of carbonyl (C=O) groups is 1. The first kappa shape index (κ1) is 13.4. The molecular formula is C14H19N3O2. The predicted octanol–water partition coefficient (Wildman–Crippen LogP) is 1.78. The van der Waals surface area contributed by atoms with Crippen LogP contribution in [0.3, 0.4) is 0 Å². The van der Waals surface area contributed by atoms with E-state index in [4.69, 9.17) is 10.9 Å². The van der Waals surface area contributed by atoms with E-state index in [0.29, 0.717) is 18.4 Å². The number of oxime groups is 1. The van der Waals surface area contributed by atoms with E-state index in [1.165, 1.54) is 0 Å². The van der Waals surface area contributed by atoms with Gasteiger partial charge >= 0.3 is 0 Å². The molecule has 0 spiro atoms. The summed E-state index contributed by atoms with van der Waals surface area (Å²) in [6.07, 6.45) is 3.34. The third-order valence-electron chi connectivity index (χ3n) is 3.69. The molecule has 0 atom stereocenters. The van der Waals surface area contributed by atoms with Gasteiger partial charge in [-0.05, 0) is 31.9 Å². The zero-order chi connectivity index (χ0) is 13.9. The molecule has 1 aromatic rings. The van der Waals surface area contributed by atoms with Crippen molar-refractivity contribution in [3.63, 3.8) is 0 Å². The van der Waals surface area contributed by atoms with Crippen LogP contribution >= 0.6 is 0 Å². The molecule has 0 unspecified atom stereocenters. The molecule has 1 aromatic carbocycles. The summed E-state index contributed by atoms with van der Waals surface area (Å²) in [6.45, 7) is 1.94. The fourth-order valence-electron chi connectivity index (χ4n) is 2.60. The first-order valence-corrected chi connectivity index (χ1v) is 6.44. The molecule has 2 rings (SSSR count). The standard InChI is InChI=1S/C14H19N3O2/c1-10-5-4-6-11(9-10)12(18)16-14(13(15)17-19)7-2-3-8-14/h4-6,9,19H,2-3,7-8H2,1H3,(H2,15,17)(H,16,18). The number of nitrogens with zero attached hydrogens (tertiary/aromatic N) is 1. The Bertz CT molecular complexity index is 505. The minimum absolute atomic E-state index is 0.0889. The lowest BCUT2D eigenvalue weighted by Crippen LogP contribution is -2.55. The number of hydrogen-bond acceptors (Lipinski definition) is 3. The summed E-state index contributed by atoms with van der Waals surface area (Å²) in [7, 11) is 0. The number of amides is 1. The summed E-state index contributed by atoms with van der Waals surface area (Å²) in [5.74, 6) is -0.0943. The number of nitrogens with two attached hydrogens (primary N) is 1. The van der Waals surface area contributed by atoms with E-state index in [1.54, 1.807) is 6.07 Å². The SMILES string of the molecule is Cc1cccc(C(=O)NC2(/C(N)=N/O)CCCC2)c1. The minimum Gasteiger partial charge on any atom is -0.409 e. The van der Waals surface area contributed by atoms with Crippen LogP contribution in [-0.4, -0.2) is 22.5 Å². The van der Waals surface area contributed by atoms with Gasteiger partial charge in [0.1, 0.15) is 5.54 Å². The van der Waals surface area contributed by atoms with Crippen molar-refractivity contribution in [1.82, 2.24) is 5.32 Å². The number of benzene rings is 1. The highest BCUT2D eigenvalue weighted by atomic mass is 16.4. The van der Waals surface area contributed by atoms with Gasteiger partial charge < -0.3 is 16.3 Å². The summed E-state index contributed by atoms with van der Waals surface area (Å²) >= 11 is 0. The second-order valence-electron chi connectivity index (χ2n) is 5.10. The van der Waals surface area contributed by atoms with Gasteiger partial charge in [0.05, 0.1) is 0 Å². The Labute approximate surface area is 112 Å². The molecule has 1 saturated carbocycles. The van der Waals surface area contributed by atoms with E-state index in [9.17, 15) is 4.79 Å². The second-order valence-corrected chi connectivity index (χ2v) is 5.10. The molecule has 1 amide bonds. The fourth-order valence-corrected chi connectivity index (χ4v) is 2.60. The topological polar surface area (TPSA) is 87.7 Å². The van der Waals surface area contributed by atoms with Crippen LogP contribution in [0.4, 0.5) is 0 Å². The molecular weight excluding hydrogens is 242 g/mol. The quantitative estimate of drug-likeness (QED) is 0.335. The van der Waals surface area contributed by atoms with E-state index in [2.05, 4.69) is 10.5 Å². The third-order valence-corrected chi connectivity index (χ3v) is 3.69. The molecule has 5 heteroatoms.